The van der Waals surface area contributed by atoms with Crippen molar-refractivity contribution in [3.8, 4) is 0 Å². The maximum absolute atomic E-state index is 9.27. The molecule has 1 unspecified atom stereocenters. The third kappa shape index (κ3) is 3.70. The normalized spacial score (nSPS) is 12.8. The predicted octanol–water partition coefficient (Wildman–Crippen LogP) is 2.33. The van der Waals surface area contributed by atoms with Gasteiger partial charge in [-0.05, 0) is 31.2 Å². The van der Waals surface area contributed by atoms with Crippen molar-refractivity contribution in [1.29, 1.82) is 0 Å². The highest BCUT2D eigenvalue weighted by Crippen LogP contribution is 2.24. The smallest absolute Gasteiger partial charge is 0.129 e. The van der Waals surface area contributed by atoms with Crippen LogP contribution in [0.3, 0.4) is 0 Å². The Morgan fingerprint density at radius 3 is 2.35 bits per heavy atom. The summed E-state index contributed by atoms with van der Waals surface area (Å²) in [7, 11) is 2.01. The first-order chi connectivity index (χ1) is 9.74. The van der Waals surface area contributed by atoms with E-state index in [0.717, 1.165) is 5.76 Å². The molecule has 1 aromatic carbocycles. The van der Waals surface area contributed by atoms with Crippen molar-refractivity contribution in [2.75, 3.05) is 13.7 Å². The van der Waals surface area contributed by atoms with Crippen molar-refractivity contribution in [3.05, 3.63) is 59.5 Å². The highest BCUT2D eigenvalue weighted by molar-refractivity contribution is 5.19. The second kappa shape index (κ2) is 7.24. The molecule has 108 valence electrons. The molecule has 1 aromatic heterocycles. The Hall–Kier alpha value is -1.62. The largest absolute Gasteiger partial charge is 0.462 e. The maximum atomic E-state index is 9.27. The molecule has 0 aliphatic heterocycles. The number of rotatable bonds is 7. The fourth-order valence-electron chi connectivity index (χ4n) is 2.39. The number of furan rings is 1. The Kier molecular flexibility index (Phi) is 5.35. The summed E-state index contributed by atoms with van der Waals surface area (Å²) in [6.07, 6.45) is 0.675. The lowest BCUT2D eigenvalue weighted by Gasteiger charge is -2.27. The Balaban J connectivity index is 2.08. The van der Waals surface area contributed by atoms with Crippen LogP contribution < -0.4 is 0 Å². The van der Waals surface area contributed by atoms with E-state index in [4.69, 9.17) is 9.52 Å². The highest BCUT2D eigenvalue weighted by atomic mass is 16.4. The second-order valence-corrected chi connectivity index (χ2v) is 4.88. The van der Waals surface area contributed by atoms with Crippen LogP contribution in [0.5, 0.6) is 0 Å². The van der Waals surface area contributed by atoms with Crippen LogP contribution in [0.2, 0.25) is 0 Å². The molecule has 0 fully saturated rings. The Morgan fingerprint density at radius 2 is 1.75 bits per heavy atom. The van der Waals surface area contributed by atoms with Crippen molar-refractivity contribution < 1.29 is 14.6 Å². The van der Waals surface area contributed by atoms with Gasteiger partial charge in [-0.15, -0.1) is 0 Å². The molecule has 4 heteroatoms. The molecule has 0 aliphatic rings. The zero-order valence-electron chi connectivity index (χ0n) is 11.7. The van der Waals surface area contributed by atoms with Gasteiger partial charge in [0.1, 0.15) is 18.1 Å². The van der Waals surface area contributed by atoms with Crippen molar-refractivity contribution in [1.82, 2.24) is 4.90 Å². The van der Waals surface area contributed by atoms with Crippen molar-refractivity contribution >= 4 is 0 Å². The highest BCUT2D eigenvalue weighted by Gasteiger charge is 2.17. The Labute approximate surface area is 119 Å². The molecule has 0 aliphatic carbocycles. The van der Waals surface area contributed by atoms with E-state index in [9.17, 15) is 5.11 Å². The second-order valence-electron chi connectivity index (χ2n) is 4.88. The van der Waals surface area contributed by atoms with Crippen LogP contribution in [0, 0.1) is 0 Å². The summed E-state index contributed by atoms with van der Waals surface area (Å²) in [6.45, 7) is 0.700. The van der Waals surface area contributed by atoms with E-state index in [1.807, 2.05) is 31.3 Å². The number of hydrogen-bond donors (Lipinski definition) is 2. The summed E-state index contributed by atoms with van der Waals surface area (Å²) in [5, 5.41) is 18.3. The minimum Gasteiger partial charge on any atom is -0.462 e. The van der Waals surface area contributed by atoms with E-state index in [1.165, 1.54) is 5.56 Å². The molecule has 0 saturated heterocycles. The lowest BCUT2D eigenvalue weighted by molar-refractivity contribution is 0.167. The molecular formula is C16H21NO3. The van der Waals surface area contributed by atoms with Crippen LogP contribution in [0.15, 0.2) is 46.9 Å². The standard InChI is InChI=1S/C16H21NO3/c1-17(11-14-7-8-15(12-19)20-14)16(9-10-18)13-5-3-2-4-6-13/h2-8,16,18-19H,9-12H2,1H3. The number of benzene rings is 1. The molecule has 20 heavy (non-hydrogen) atoms. The molecule has 0 saturated carbocycles. The van der Waals surface area contributed by atoms with Gasteiger partial charge in [0.15, 0.2) is 0 Å². The van der Waals surface area contributed by atoms with Crippen LogP contribution in [-0.4, -0.2) is 28.8 Å². The van der Waals surface area contributed by atoms with Gasteiger partial charge < -0.3 is 14.6 Å². The van der Waals surface area contributed by atoms with E-state index in [1.54, 1.807) is 6.07 Å². The van der Waals surface area contributed by atoms with Gasteiger partial charge in [-0.3, -0.25) is 4.90 Å². The maximum Gasteiger partial charge on any atom is 0.129 e. The third-order valence-corrected chi connectivity index (χ3v) is 3.40. The molecule has 2 rings (SSSR count). The van der Waals surface area contributed by atoms with Gasteiger partial charge in [0, 0.05) is 12.6 Å². The predicted molar refractivity (Wildman–Crippen MR) is 77.0 cm³/mol. The summed E-state index contributed by atoms with van der Waals surface area (Å²) in [5.41, 5.74) is 1.18. The summed E-state index contributed by atoms with van der Waals surface area (Å²) in [6, 6.07) is 13.9. The quantitative estimate of drug-likeness (QED) is 0.814. The molecule has 4 nitrogen and oxygen atoms in total. The number of aliphatic hydroxyl groups is 2. The molecule has 0 bridgehead atoms. The first-order valence-corrected chi connectivity index (χ1v) is 6.79. The first-order valence-electron chi connectivity index (χ1n) is 6.79. The van der Waals surface area contributed by atoms with E-state index < -0.39 is 0 Å². The summed E-state index contributed by atoms with van der Waals surface area (Å²) in [4.78, 5) is 2.14. The fraction of sp³-hybridized carbons (Fsp3) is 0.375. The van der Waals surface area contributed by atoms with Gasteiger partial charge in [-0.25, -0.2) is 0 Å². The van der Waals surface area contributed by atoms with Gasteiger partial charge in [-0.2, -0.15) is 0 Å². The lowest BCUT2D eigenvalue weighted by atomic mass is 10.0. The molecule has 0 spiro atoms. The lowest BCUT2D eigenvalue weighted by Crippen LogP contribution is -2.25. The van der Waals surface area contributed by atoms with Crippen LogP contribution >= 0.6 is 0 Å². The van der Waals surface area contributed by atoms with Gasteiger partial charge in [0.05, 0.1) is 6.54 Å². The van der Waals surface area contributed by atoms with E-state index in [2.05, 4.69) is 17.0 Å². The van der Waals surface area contributed by atoms with E-state index in [-0.39, 0.29) is 19.3 Å². The average Bonchev–Trinajstić information content (AvgIpc) is 2.93. The number of nitrogens with zero attached hydrogens (tertiary/aromatic N) is 1. The minimum atomic E-state index is -0.0809. The summed E-state index contributed by atoms with van der Waals surface area (Å²) >= 11 is 0. The monoisotopic (exact) mass is 275 g/mol. The van der Waals surface area contributed by atoms with Crippen molar-refractivity contribution in [2.45, 2.75) is 25.6 Å². The topological polar surface area (TPSA) is 56.8 Å². The third-order valence-electron chi connectivity index (χ3n) is 3.40. The molecule has 1 heterocycles. The van der Waals surface area contributed by atoms with Crippen molar-refractivity contribution in [3.63, 3.8) is 0 Å². The fourth-order valence-corrected chi connectivity index (χ4v) is 2.39. The molecule has 0 amide bonds. The minimum absolute atomic E-state index is 0.0809. The van der Waals surface area contributed by atoms with Crippen LogP contribution in [0.1, 0.15) is 29.5 Å². The van der Waals surface area contributed by atoms with E-state index >= 15 is 0 Å². The molecule has 0 radical (unpaired) electrons. The van der Waals surface area contributed by atoms with Gasteiger partial charge in [0.25, 0.3) is 0 Å². The van der Waals surface area contributed by atoms with Crippen LogP contribution in [0.25, 0.3) is 0 Å². The molecule has 2 N–H and O–H groups in total. The summed E-state index contributed by atoms with van der Waals surface area (Å²) in [5.74, 6) is 1.39. The zero-order chi connectivity index (χ0) is 14.4. The van der Waals surface area contributed by atoms with Crippen LogP contribution in [-0.2, 0) is 13.2 Å². The Bertz CT molecular complexity index is 509. The Morgan fingerprint density at radius 1 is 1.05 bits per heavy atom. The first kappa shape index (κ1) is 14.8. The number of aliphatic hydroxyl groups excluding tert-OH is 2. The van der Waals surface area contributed by atoms with Crippen LogP contribution in [0.4, 0.5) is 0 Å². The van der Waals surface area contributed by atoms with Gasteiger partial charge in [-0.1, -0.05) is 30.3 Å². The average molecular weight is 275 g/mol. The molecule has 1 atom stereocenters. The summed E-state index contributed by atoms with van der Waals surface area (Å²) < 4.78 is 5.51. The molecule has 2 aromatic rings. The van der Waals surface area contributed by atoms with Gasteiger partial charge >= 0.3 is 0 Å². The molecular weight excluding hydrogens is 254 g/mol. The van der Waals surface area contributed by atoms with E-state index in [0.29, 0.717) is 18.7 Å². The van der Waals surface area contributed by atoms with Gasteiger partial charge in [0.2, 0.25) is 0 Å². The SMILES string of the molecule is CN(Cc1ccc(CO)o1)C(CCO)c1ccccc1. The van der Waals surface area contributed by atoms with Crippen molar-refractivity contribution in [2.24, 2.45) is 0 Å². The number of hydrogen-bond acceptors (Lipinski definition) is 4. The zero-order valence-corrected chi connectivity index (χ0v) is 11.7.